The van der Waals surface area contributed by atoms with E-state index in [1.54, 1.807) is 5.32 Å². The number of carbonyl (C=O) groups is 2. The molecule has 0 fully saturated rings. The maximum atomic E-state index is 14.5. The summed E-state index contributed by atoms with van der Waals surface area (Å²) in [7, 11) is 3.04. The summed E-state index contributed by atoms with van der Waals surface area (Å²) < 4.78 is 108. The number of non-ortho nitro benzene ring substituents is 1. The molecule has 0 radical (unpaired) electrons. The zero-order chi connectivity index (χ0) is 31.6. The van der Waals surface area contributed by atoms with Gasteiger partial charge in [-0.3, -0.25) is 19.7 Å². The van der Waals surface area contributed by atoms with E-state index in [2.05, 4.69) is 20.5 Å². The van der Waals surface area contributed by atoms with Crippen LogP contribution in [0.2, 0.25) is 0 Å². The quantitative estimate of drug-likeness (QED) is 0.197. The highest BCUT2D eigenvalue weighted by molar-refractivity contribution is 7.99. The van der Waals surface area contributed by atoms with E-state index in [0.29, 0.717) is 11.8 Å². The Hall–Kier alpha value is -4.43. The molecule has 3 rings (SSSR count). The lowest BCUT2D eigenvalue weighted by Crippen LogP contribution is -2.50. The highest BCUT2D eigenvalue weighted by atomic mass is 32.2. The van der Waals surface area contributed by atoms with Crippen LogP contribution in [0.3, 0.4) is 0 Å². The average molecular weight is 628 g/mol. The van der Waals surface area contributed by atoms with Crippen LogP contribution >= 0.6 is 11.8 Å². The fourth-order valence-corrected chi connectivity index (χ4v) is 3.97. The summed E-state index contributed by atoms with van der Waals surface area (Å²) in [4.78, 5) is 39.5. The molecule has 1 N–H and O–H groups in total. The Morgan fingerprint density at radius 2 is 1.79 bits per heavy atom. The molecular weight excluding hydrogens is 612 g/mol. The lowest BCUT2D eigenvalue weighted by atomic mass is 10.0. The maximum Gasteiger partial charge on any atom is 0.460 e. The van der Waals surface area contributed by atoms with Gasteiger partial charge in [-0.25, -0.2) is 14.1 Å². The van der Waals surface area contributed by atoms with Crippen molar-refractivity contribution in [2.24, 2.45) is 0 Å². The number of amides is 2. The fraction of sp³-hybridized carbons (Fsp3) is 0.333. The highest BCUT2D eigenvalue weighted by Crippen LogP contribution is 2.51. The number of alkyl halides is 7. The van der Waals surface area contributed by atoms with E-state index in [1.165, 1.54) is 23.7 Å². The van der Waals surface area contributed by atoms with E-state index in [9.17, 15) is 54.8 Å². The first-order valence-electron chi connectivity index (χ1n) is 11.1. The topological polar surface area (TPSA) is 149 Å². The Kier molecular flexibility index (Phi) is 9.03. The summed E-state index contributed by atoms with van der Waals surface area (Å²) in [6, 6.07) is 2.49. The molecule has 0 saturated carbocycles. The molecule has 0 unspecified atom stereocenters. The first-order valence-corrected chi connectivity index (χ1v) is 11.9. The van der Waals surface area contributed by atoms with Crippen molar-refractivity contribution in [2.45, 2.75) is 41.0 Å². The zero-order valence-corrected chi connectivity index (χ0v) is 21.8. The molecule has 226 valence electrons. The molecule has 0 aliphatic heterocycles. The standard InChI is InChI=1S/C21H16F8N8O4S/c1-35(2)15(38)5-6-36-18(32-33-34-36)42-14-4-3-11(37(40)41)8-12(14)17(39)31-16-13(22)7-10(9-30-16)19(23,24)20(25,26)21(27,28)29/h3-4,7-9H,5-6H2,1-2H3,(H,30,31,39). The Morgan fingerprint density at radius 3 is 2.36 bits per heavy atom. The van der Waals surface area contributed by atoms with Crippen LogP contribution in [0.5, 0.6) is 0 Å². The second kappa shape index (κ2) is 11.8. The third kappa shape index (κ3) is 6.55. The number of halogens is 8. The number of carbonyl (C=O) groups excluding carboxylic acids is 2. The molecule has 0 aliphatic carbocycles. The SMILES string of the molecule is CN(C)C(=O)CCn1nnnc1Sc1ccc([N+](=O)[O-])cc1C(=O)Nc1ncc(C(F)(F)C(F)(F)C(F)(F)F)cc1F. The molecule has 1 aromatic carbocycles. The molecule has 12 nitrogen and oxygen atoms in total. The summed E-state index contributed by atoms with van der Waals surface area (Å²) in [5.41, 5.74) is -3.25. The van der Waals surface area contributed by atoms with Gasteiger partial charge < -0.3 is 10.2 Å². The number of aromatic nitrogens is 5. The van der Waals surface area contributed by atoms with Gasteiger partial charge in [0.05, 0.1) is 17.0 Å². The number of hydrogen-bond donors (Lipinski definition) is 1. The maximum absolute atomic E-state index is 14.5. The zero-order valence-electron chi connectivity index (χ0n) is 21.0. The fourth-order valence-electron chi connectivity index (χ4n) is 3.07. The lowest BCUT2D eigenvalue weighted by molar-refractivity contribution is -0.384. The minimum Gasteiger partial charge on any atom is -0.349 e. The van der Waals surface area contributed by atoms with Crippen molar-refractivity contribution in [2.75, 3.05) is 19.4 Å². The van der Waals surface area contributed by atoms with Crippen molar-refractivity contribution in [3.05, 3.63) is 57.5 Å². The first-order chi connectivity index (χ1) is 19.4. The average Bonchev–Trinajstić information content (AvgIpc) is 3.34. The van der Waals surface area contributed by atoms with E-state index in [-0.39, 0.29) is 41.2 Å². The van der Waals surface area contributed by atoms with E-state index >= 15 is 0 Å². The summed E-state index contributed by atoms with van der Waals surface area (Å²) >= 11 is 0.697. The van der Waals surface area contributed by atoms with Crippen molar-refractivity contribution < 1.29 is 49.6 Å². The van der Waals surface area contributed by atoms with Crippen LogP contribution in [0, 0.1) is 15.9 Å². The molecule has 2 amide bonds. The number of aryl methyl sites for hydroxylation is 1. The van der Waals surface area contributed by atoms with E-state index in [1.807, 2.05) is 0 Å². The Bertz CT molecular complexity index is 1520. The molecule has 21 heteroatoms. The second-order valence-electron chi connectivity index (χ2n) is 8.42. The number of pyridine rings is 1. The minimum absolute atomic E-state index is 0.000353. The van der Waals surface area contributed by atoms with Gasteiger partial charge in [0, 0.05) is 49.3 Å². The minimum atomic E-state index is -6.68. The van der Waals surface area contributed by atoms with Crippen molar-refractivity contribution in [3.8, 4) is 0 Å². The van der Waals surface area contributed by atoms with Gasteiger partial charge in [-0.05, 0) is 34.3 Å². The molecule has 0 bridgehead atoms. The number of hydrogen-bond acceptors (Lipinski definition) is 9. The predicted molar refractivity (Wildman–Crippen MR) is 125 cm³/mol. The number of benzene rings is 1. The molecule has 0 saturated heterocycles. The van der Waals surface area contributed by atoms with Crippen LogP contribution in [-0.2, 0) is 17.3 Å². The molecule has 0 atom stereocenters. The first kappa shape index (κ1) is 32.1. The number of nitrogens with one attached hydrogen (secondary N) is 1. The van der Waals surface area contributed by atoms with Gasteiger partial charge in [0.25, 0.3) is 11.6 Å². The summed E-state index contributed by atoms with van der Waals surface area (Å²) in [6.45, 7) is 0.000353. The molecule has 0 aliphatic rings. The van der Waals surface area contributed by atoms with Gasteiger partial charge in [0.1, 0.15) is 0 Å². The Labute approximate surface area is 233 Å². The number of anilines is 1. The summed E-state index contributed by atoms with van der Waals surface area (Å²) in [5, 5.41) is 24.0. The molecule has 3 aromatic rings. The molecule has 42 heavy (non-hydrogen) atoms. The van der Waals surface area contributed by atoms with Crippen LogP contribution in [-0.4, -0.2) is 73.0 Å². The van der Waals surface area contributed by atoms with Crippen molar-refractivity contribution in [1.82, 2.24) is 30.1 Å². The summed E-state index contributed by atoms with van der Waals surface area (Å²) in [6.07, 6.45) is -6.89. The normalized spacial score (nSPS) is 12.2. The Morgan fingerprint density at radius 1 is 1.12 bits per heavy atom. The van der Waals surface area contributed by atoms with Crippen LogP contribution in [0.15, 0.2) is 40.5 Å². The largest absolute Gasteiger partial charge is 0.460 e. The van der Waals surface area contributed by atoms with Crippen LogP contribution in [0.1, 0.15) is 22.3 Å². The van der Waals surface area contributed by atoms with E-state index in [0.717, 1.165) is 18.2 Å². The molecule has 2 heterocycles. The highest BCUT2D eigenvalue weighted by Gasteiger charge is 2.73. The van der Waals surface area contributed by atoms with Crippen LogP contribution < -0.4 is 5.32 Å². The number of tetrazole rings is 1. The molecule has 2 aromatic heterocycles. The van der Waals surface area contributed by atoms with Gasteiger partial charge in [-0.15, -0.1) is 5.10 Å². The monoisotopic (exact) mass is 628 g/mol. The molecule has 0 spiro atoms. The molecular formula is C21H16F8N8O4S. The smallest absolute Gasteiger partial charge is 0.349 e. The van der Waals surface area contributed by atoms with Gasteiger partial charge in [-0.2, -0.15) is 30.7 Å². The van der Waals surface area contributed by atoms with Gasteiger partial charge >= 0.3 is 18.0 Å². The van der Waals surface area contributed by atoms with Gasteiger partial charge in [0.15, 0.2) is 11.6 Å². The third-order valence-corrected chi connectivity index (χ3v) is 6.39. The number of rotatable bonds is 10. The van der Waals surface area contributed by atoms with Gasteiger partial charge in [-0.1, -0.05) is 0 Å². The van der Waals surface area contributed by atoms with Crippen molar-refractivity contribution in [3.63, 3.8) is 0 Å². The van der Waals surface area contributed by atoms with E-state index in [4.69, 9.17) is 0 Å². The predicted octanol–water partition coefficient (Wildman–Crippen LogP) is 4.29. The number of nitro benzene ring substituents is 1. The number of nitro groups is 1. The number of nitrogens with zero attached hydrogens (tertiary/aromatic N) is 7. The summed E-state index contributed by atoms with van der Waals surface area (Å²) in [5.74, 6) is -17.2. The van der Waals surface area contributed by atoms with Gasteiger partial charge in [0.2, 0.25) is 11.1 Å². The Balaban J connectivity index is 1.91. The second-order valence-corrected chi connectivity index (χ2v) is 9.43. The van der Waals surface area contributed by atoms with Crippen molar-refractivity contribution >= 4 is 35.1 Å². The van der Waals surface area contributed by atoms with E-state index < -0.39 is 57.3 Å². The lowest BCUT2D eigenvalue weighted by Gasteiger charge is -2.28. The third-order valence-electron chi connectivity index (χ3n) is 5.34. The van der Waals surface area contributed by atoms with Crippen LogP contribution in [0.4, 0.5) is 46.6 Å². The van der Waals surface area contributed by atoms with Crippen molar-refractivity contribution in [1.29, 1.82) is 0 Å². The van der Waals surface area contributed by atoms with Crippen LogP contribution in [0.25, 0.3) is 0 Å².